The first-order valence-electron chi connectivity index (χ1n) is 7.05. The molecule has 0 aliphatic carbocycles. The zero-order valence-corrected chi connectivity index (χ0v) is 14.0. The zero-order chi connectivity index (χ0) is 15.0. The lowest BCUT2D eigenvalue weighted by atomic mass is 10.0. The largest absolute Gasteiger partial charge is 0.318 e. The van der Waals surface area contributed by atoms with Gasteiger partial charge < -0.3 is 9.80 Å². The van der Waals surface area contributed by atoms with Crippen LogP contribution >= 0.6 is 23.4 Å². The van der Waals surface area contributed by atoms with Crippen LogP contribution in [0.3, 0.4) is 0 Å². The van der Waals surface area contributed by atoms with Gasteiger partial charge in [0.1, 0.15) is 0 Å². The molecule has 0 bridgehead atoms. The van der Waals surface area contributed by atoms with Crippen molar-refractivity contribution in [3.8, 4) is 0 Å². The molecule has 2 heterocycles. The van der Waals surface area contributed by atoms with Crippen LogP contribution in [0, 0.1) is 6.92 Å². The lowest BCUT2D eigenvalue weighted by molar-refractivity contribution is 0.350. The van der Waals surface area contributed by atoms with E-state index in [0.717, 1.165) is 34.5 Å². The Hall–Kier alpha value is -1.16. The summed E-state index contributed by atoms with van der Waals surface area (Å²) in [5, 5.41) is 0. The molecule has 4 heteroatoms. The molecule has 0 radical (unpaired) electrons. The lowest BCUT2D eigenvalue weighted by Gasteiger charge is -2.32. The van der Waals surface area contributed by atoms with E-state index in [9.17, 15) is 0 Å². The molecule has 2 aliphatic rings. The number of hydrogen-bond acceptors (Lipinski definition) is 3. The van der Waals surface area contributed by atoms with Crippen LogP contribution in [-0.4, -0.2) is 25.0 Å². The molecule has 3 rings (SSSR count). The third-order valence-electron chi connectivity index (χ3n) is 3.90. The molecule has 2 nitrogen and oxygen atoms in total. The van der Waals surface area contributed by atoms with Gasteiger partial charge in [0.25, 0.3) is 0 Å². The van der Waals surface area contributed by atoms with Crippen LogP contribution in [0.25, 0.3) is 0 Å². The highest BCUT2D eigenvalue weighted by molar-refractivity contribution is 8.08. The van der Waals surface area contributed by atoms with Crippen LogP contribution in [0.5, 0.6) is 0 Å². The molecule has 0 saturated carbocycles. The van der Waals surface area contributed by atoms with Crippen LogP contribution in [-0.2, 0) is 0 Å². The highest BCUT2D eigenvalue weighted by Gasteiger charge is 2.26. The van der Waals surface area contributed by atoms with Crippen LogP contribution < -0.4 is 4.90 Å². The second-order valence-corrected chi connectivity index (χ2v) is 7.35. The summed E-state index contributed by atoms with van der Waals surface area (Å²) in [5.74, 6) is 0. The van der Waals surface area contributed by atoms with E-state index >= 15 is 0 Å². The average molecular weight is 319 g/mol. The smallest absolute Gasteiger partial charge is 0.0948 e. The zero-order valence-electron chi connectivity index (χ0n) is 12.4. The molecule has 0 aromatic heterocycles. The molecule has 1 aromatic carbocycles. The van der Waals surface area contributed by atoms with Gasteiger partial charge in [0.05, 0.1) is 4.36 Å². The second kappa shape index (κ2) is 5.91. The molecule has 0 spiro atoms. The number of hydrogen-bond donors (Lipinski definition) is 0. The molecule has 0 saturated heterocycles. The summed E-state index contributed by atoms with van der Waals surface area (Å²) < 4.78 is 0.762. The molecule has 1 aromatic rings. The average Bonchev–Trinajstić information content (AvgIpc) is 2.57. The summed E-state index contributed by atoms with van der Waals surface area (Å²) in [6.07, 6.45) is 3.04. The molecule has 0 N–H and O–H groups in total. The van der Waals surface area contributed by atoms with E-state index in [2.05, 4.69) is 54.6 Å². The third kappa shape index (κ3) is 3.05. The van der Waals surface area contributed by atoms with Crippen molar-refractivity contribution in [1.82, 2.24) is 4.90 Å². The molecule has 2 aliphatic heterocycles. The molecule has 0 amide bonds. The highest BCUT2D eigenvalue weighted by atomic mass is 35.5. The lowest BCUT2D eigenvalue weighted by Crippen LogP contribution is -2.32. The van der Waals surface area contributed by atoms with Gasteiger partial charge in [-0.2, -0.15) is 0 Å². The molecule has 0 fully saturated rings. The predicted octanol–water partition coefficient (Wildman–Crippen LogP) is 4.69. The Labute approximate surface area is 135 Å². The van der Waals surface area contributed by atoms with E-state index in [4.69, 9.17) is 11.6 Å². The van der Waals surface area contributed by atoms with Crippen molar-refractivity contribution in [3.05, 3.63) is 63.1 Å². The first-order chi connectivity index (χ1) is 10.0. The van der Waals surface area contributed by atoms with E-state index in [0.29, 0.717) is 0 Å². The second-order valence-electron chi connectivity index (χ2n) is 5.58. The molecular weight excluding hydrogens is 300 g/mol. The molecule has 21 heavy (non-hydrogen) atoms. The number of thioether (sulfide) groups is 1. The Morgan fingerprint density at radius 3 is 2.67 bits per heavy atom. The van der Waals surface area contributed by atoms with E-state index in [1.807, 2.05) is 6.20 Å². The summed E-state index contributed by atoms with van der Waals surface area (Å²) in [5.41, 5.74) is 5.05. The summed E-state index contributed by atoms with van der Waals surface area (Å²) >= 11 is 7.93. The maximum absolute atomic E-state index is 6.37. The highest BCUT2D eigenvalue weighted by Crippen LogP contribution is 2.41. The van der Waals surface area contributed by atoms with Gasteiger partial charge in [-0.25, -0.2) is 0 Å². The maximum Gasteiger partial charge on any atom is 0.0948 e. The van der Waals surface area contributed by atoms with E-state index in [1.165, 1.54) is 16.8 Å². The number of likely N-dealkylation sites (N-methyl/N-ethyl adjacent to an activating group) is 1. The van der Waals surface area contributed by atoms with Gasteiger partial charge in [0.2, 0.25) is 0 Å². The van der Waals surface area contributed by atoms with Gasteiger partial charge in [-0.05, 0) is 31.7 Å². The van der Waals surface area contributed by atoms with Crippen molar-refractivity contribution in [2.75, 3.05) is 25.0 Å². The van der Waals surface area contributed by atoms with Gasteiger partial charge in [-0.15, -0.1) is 0 Å². The first kappa shape index (κ1) is 14.8. The number of rotatable bonds is 1. The monoisotopic (exact) mass is 318 g/mol. The number of anilines is 1. The minimum Gasteiger partial charge on any atom is -0.318 e. The maximum atomic E-state index is 6.37. The quantitative estimate of drug-likeness (QED) is 0.741. The fraction of sp³-hybridized carbons (Fsp3) is 0.294. The Balaban J connectivity index is 2.08. The summed E-state index contributed by atoms with van der Waals surface area (Å²) in [7, 11) is 2.15. The van der Waals surface area contributed by atoms with Crippen molar-refractivity contribution in [3.63, 3.8) is 0 Å². The van der Waals surface area contributed by atoms with Crippen molar-refractivity contribution < 1.29 is 0 Å². The fourth-order valence-electron chi connectivity index (χ4n) is 2.72. The van der Waals surface area contributed by atoms with Crippen LogP contribution in [0.15, 0.2) is 57.6 Å². The molecular formula is C17H19ClN2S. The van der Waals surface area contributed by atoms with E-state index in [1.54, 1.807) is 11.8 Å². The minimum absolute atomic E-state index is 0.762. The van der Waals surface area contributed by atoms with Crippen LogP contribution in [0.4, 0.5) is 5.69 Å². The normalized spacial score (nSPS) is 20.2. The Morgan fingerprint density at radius 2 is 1.95 bits per heavy atom. The Bertz CT molecular complexity index is 631. The van der Waals surface area contributed by atoms with Gasteiger partial charge in [-0.1, -0.05) is 47.6 Å². The number of benzene rings is 1. The van der Waals surface area contributed by atoms with Gasteiger partial charge in [0, 0.05) is 42.0 Å². The van der Waals surface area contributed by atoms with Crippen LogP contribution in [0.1, 0.15) is 12.0 Å². The van der Waals surface area contributed by atoms with Gasteiger partial charge in [0.15, 0.2) is 0 Å². The summed E-state index contributed by atoms with van der Waals surface area (Å²) in [6, 6.07) is 8.58. The topological polar surface area (TPSA) is 6.48 Å². The molecule has 0 unspecified atom stereocenters. The van der Waals surface area contributed by atoms with Crippen molar-refractivity contribution in [2.45, 2.75) is 13.3 Å². The standard InChI is InChI=1S/C17H19ClN2S/c1-12-4-6-14(7-5-12)20-11-17(18)21-13(2)15-10-19(3)9-8-16(15)20/h4-7,11H,2,8-10H2,1,3H3. The van der Waals surface area contributed by atoms with E-state index < -0.39 is 0 Å². The Morgan fingerprint density at radius 1 is 1.24 bits per heavy atom. The molecule has 110 valence electrons. The minimum atomic E-state index is 0.762. The summed E-state index contributed by atoms with van der Waals surface area (Å²) in [4.78, 5) is 5.62. The van der Waals surface area contributed by atoms with E-state index in [-0.39, 0.29) is 0 Å². The molecule has 0 atom stereocenters. The van der Waals surface area contributed by atoms with Crippen molar-refractivity contribution >= 4 is 29.1 Å². The summed E-state index contributed by atoms with van der Waals surface area (Å²) in [6.45, 7) is 8.31. The fourth-order valence-corrected chi connectivity index (χ4v) is 3.80. The van der Waals surface area contributed by atoms with Gasteiger partial charge in [-0.3, -0.25) is 0 Å². The predicted molar refractivity (Wildman–Crippen MR) is 93.5 cm³/mol. The number of aryl methyl sites for hydroxylation is 1. The van der Waals surface area contributed by atoms with Crippen LogP contribution in [0.2, 0.25) is 0 Å². The first-order valence-corrected chi connectivity index (χ1v) is 8.25. The third-order valence-corrected chi connectivity index (χ3v) is 5.02. The van der Waals surface area contributed by atoms with Gasteiger partial charge >= 0.3 is 0 Å². The number of nitrogens with zero attached hydrogens (tertiary/aromatic N) is 2. The SMILES string of the molecule is C=C1SC(Cl)=CN(c2ccc(C)cc2)C2=C1CN(C)CC2. The van der Waals surface area contributed by atoms with Crippen molar-refractivity contribution in [2.24, 2.45) is 0 Å². The van der Waals surface area contributed by atoms with Crippen molar-refractivity contribution in [1.29, 1.82) is 0 Å². The number of halogens is 1. The Kier molecular flexibility index (Phi) is 4.16.